The van der Waals surface area contributed by atoms with Gasteiger partial charge in [-0.05, 0) is 64.2 Å². The molecule has 6 heteroatoms. The third-order valence-electron chi connectivity index (χ3n) is 9.20. The van der Waals surface area contributed by atoms with Gasteiger partial charge in [0.05, 0.1) is 6.10 Å². The highest BCUT2D eigenvalue weighted by Gasteiger charge is 2.48. The van der Waals surface area contributed by atoms with Crippen LogP contribution in [-0.2, 0) is 4.57 Å². The van der Waals surface area contributed by atoms with Crippen LogP contribution in [0.1, 0.15) is 206 Å². The van der Waals surface area contributed by atoms with E-state index < -0.39 is 19.0 Å². The maximum absolute atomic E-state index is 12.3. The van der Waals surface area contributed by atoms with E-state index in [1.165, 1.54) is 122 Å². The molecule has 0 aromatic rings. The number of hydrogen-bond donors (Lipinski definition) is 4. The van der Waals surface area contributed by atoms with Crippen LogP contribution < -0.4 is 5.73 Å². The number of aliphatic hydroxyl groups excluding tert-OH is 1. The van der Waals surface area contributed by atoms with Crippen molar-refractivity contribution in [2.75, 3.05) is 0 Å². The van der Waals surface area contributed by atoms with Gasteiger partial charge in [0.1, 0.15) is 5.28 Å². The van der Waals surface area contributed by atoms with Crippen LogP contribution in [0.3, 0.4) is 0 Å². The van der Waals surface area contributed by atoms with Crippen LogP contribution in [0.4, 0.5) is 0 Å². The molecule has 5 nitrogen and oxygen atoms in total. The third kappa shape index (κ3) is 25.7. The van der Waals surface area contributed by atoms with Crippen molar-refractivity contribution in [2.45, 2.75) is 218 Å². The number of allylic oxidation sites excluding steroid dienone is 4. The van der Waals surface area contributed by atoms with Crippen LogP contribution in [0.25, 0.3) is 0 Å². The zero-order chi connectivity index (χ0) is 32.6. The summed E-state index contributed by atoms with van der Waals surface area (Å²) >= 11 is 0. The van der Waals surface area contributed by atoms with Crippen LogP contribution in [0.15, 0.2) is 24.3 Å². The summed E-state index contributed by atoms with van der Waals surface area (Å²) < 4.78 is 12.3. The molecule has 0 radical (unpaired) electrons. The van der Waals surface area contributed by atoms with Gasteiger partial charge in [-0.15, -0.1) is 0 Å². The summed E-state index contributed by atoms with van der Waals surface area (Å²) in [6, 6.07) is 0. The van der Waals surface area contributed by atoms with E-state index in [1.807, 2.05) is 0 Å². The lowest BCUT2D eigenvalue weighted by Gasteiger charge is -2.35. The third-order valence-corrected chi connectivity index (χ3v) is 10.8. The molecular weight excluding hydrogens is 565 g/mol. The molecule has 2 atom stereocenters. The van der Waals surface area contributed by atoms with Gasteiger partial charge in [-0.25, -0.2) is 0 Å². The van der Waals surface area contributed by atoms with E-state index in [0.29, 0.717) is 12.8 Å². The summed E-state index contributed by atoms with van der Waals surface area (Å²) in [5, 5.41) is 8.89. The van der Waals surface area contributed by atoms with E-state index in [0.717, 1.165) is 51.4 Å². The van der Waals surface area contributed by atoms with Gasteiger partial charge in [0.25, 0.3) is 0 Å². The van der Waals surface area contributed by atoms with E-state index in [4.69, 9.17) is 5.73 Å². The molecule has 0 saturated heterocycles. The van der Waals surface area contributed by atoms with Crippen molar-refractivity contribution in [2.24, 2.45) is 5.73 Å². The molecule has 0 aliphatic carbocycles. The van der Waals surface area contributed by atoms with E-state index in [9.17, 15) is 19.5 Å². The highest BCUT2D eigenvalue weighted by atomic mass is 31.2. The van der Waals surface area contributed by atoms with Crippen molar-refractivity contribution in [3.63, 3.8) is 0 Å². The normalized spacial score (nSPS) is 14.6. The SMILES string of the molecule is CCCCCCCC/C=C\CCCCCCCCC(O)C(N)(CCCCCCCC/C=C\CCCCCCCC)P(=O)(O)O. The van der Waals surface area contributed by atoms with Crippen molar-refractivity contribution < 1.29 is 19.5 Å². The largest absolute Gasteiger partial charge is 0.391 e. The first kappa shape index (κ1) is 43.5. The molecular formula is C38H76NO4P. The Hall–Kier alpha value is -0.450. The molecule has 262 valence electrons. The quantitative estimate of drug-likeness (QED) is 0.0318. The number of aliphatic hydroxyl groups is 1. The Bertz CT molecular complexity index is 707. The summed E-state index contributed by atoms with van der Waals surface area (Å²) in [5.41, 5.74) is 6.22. The molecule has 0 fully saturated rings. The van der Waals surface area contributed by atoms with Gasteiger partial charge in [-0.2, -0.15) is 0 Å². The van der Waals surface area contributed by atoms with E-state index in [-0.39, 0.29) is 6.42 Å². The van der Waals surface area contributed by atoms with Crippen molar-refractivity contribution in [3.8, 4) is 0 Å². The van der Waals surface area contributed by atoms with Gasteiger partial charge in [-0.1, -0.05) is 167 Å². The van der Waals surface area contributed by atoms with Crippen molar-refractivity contribution in [1.82, 2.24) is 0 Å². The Morgan fingerprint density at radius 2 is 0.818 bits per heavy atom. The Kier molecular flexibility index (Phi) is 30.8. The second kappa shape index (κ2) is 31.2. The fourth-order valence-corrected chi connectivity index (χ4v) is 6.96. The molecule has 2 unspecified atom stereocenters. The fraction of sp³-hybridized carbons (Fsp3) is 0.895. The van der Waals surface area contributed by atoms with Crippen LogP contribution in [0.5, 0.6) is 0 Å². The van der Waals surface area contributed by atoms with Crippen molar-refractivity contribution in [1.29, 1.82) is 0 Å². The van der Waals surface area contributed by atoms with Crippen LogP contribution >= 0.6 is 7.60 Å². The number of unbranched alkanes of at least 4 members (excludes halogenated alkanes) is 24. The summed E-state index contributed by atoms with van der Waals surface area (Å²) in [5.74, 6) is 0. The van der Waals surface area contributed by atoms with E-state index in [2.05, 4.69) is 38.2 Å². The minimum absolute atomic E-state index is 0.173. The smallest absolute Gasteiger partial charge is 0.347 e. The van der Waals surface area contributed by atoms with Crippen molar-refractivity contribution >= 4 is 7.60 Å². The molecule has 0 aliphatic heterocycles. The zero-order valence-corrected chi connectivity index (χ0v) is 30.3. The molecule has 5 N–H and O–H groups in total. The first-order valence-electron chi connectivity index (χ1n) is 19.1. The minimum atomic E-state index is -4.61. The van der Waals surface area contributed by atoms with Crippen molar-refractivity contribution in [3.05, 3.63) is 24.3 Å². The first-order chi connectivity index (χ1) is 21.3. The zero-order valence-electron chi connectivity index (χ0n) is 29.4. The summed E-state index contributed by atoms with van der Waals surface area (Å²) in [7, 11) is -4.61. The molecule has 0 aromatic carbocycles. The topological polar surface area (TPSA) is 104 Å². The van der Waals surface area contributed by atoms with Gasteiger partial charge < -0.3 is 20.6 Å². The predicted octanol–water partition coefficient (Wildman–Crippen LogP) is 12.0. The summed E-state index contributed by atoms with van der Waals surface area (Å²) in [4.78, 5) is 20.0. The molecule has 0 heterocycles. The number of nitrogens with two attached hydrogens (primary N) is 1. The maximum Gasteiger partial charge on any atom is 0.347 e. The Morgan fingerprint density at radius 1 is 0.523 bits per heavy atom. The first-order valence-corrected chi connectivity index (χ1v) is 20.7. The molecule has 0 saturated carbocycles. The summed E-state index contributed by atoms with van der Waals surface area (Å²) in [6.45, 7) is 4.52. The van der Waals surface area contributed by atoms with Crippen LogP contribution in [0.2, 0.25) is 0 Å². The lowest BCUT2D eigenvalue weighted by atomic mass is 9.97. The lowest BCUT2D eigenvalue weighted by Crippen LogP contribution is -2.50. The van der Waals surface area contributed by atoms with Crippen LogP contribution in [0, 0.1) is 0 Å². The fourth-order valence-electron chi connectivity index (χ4n) is 6.00. The molecule has 0 spiro atoms. The second-order valence-electron chi connectivity index (χ2n) is 13.5. The predicted molar refractivity (Wildman–Crippen MR) is 193 cm³/mol. The average molecular weight is 642 g/mol. The van der Waals surface area contributed by atoms with Gasteiger partial charge in [0.2, 0.25) is 0 Å². The highest BCUT2D eigenvalue weighted by Crippen LogP contribution is 2.52. The maximum atomic E-state index is 12.3. The molecule has 0 amide bonds. The van der Waals surface area contributed by atoms with E-state index in [1.54, 1.807) is 0 Å². The Balaban J connectivity index is 3.86. The standard InChI is InChI=1S/C38H76NO4P/c1-3-5-7-9-11-13-15-17-19-21-23-25-27-29-31-33-35-37(40)38(39,44(41,42)43)36-34-32-30-28-26-24-22-20-18-16-14-12-10-8-6-4-2/h17-20,37,40H,3-16,21-36,39H2,1-2H3,(H2,41,42,43)/b19-17-,20-18-. The Morgan fingerprint density at radius 3 is 1.16 bits per heavy atom. The minimum Gasteiger partial charge on any atom is -0.391 e. The average Bonchev–Trinajstić information content (AvgIpc) is 2.99. The number of hydrogen-bond acceptors (Lipinski definition) is 3. The summed E-state index contributed by atoms with van der Waals surface area (Å²) in [6.07, 6.45) is 42.2. The van der Waals surface area contributed by atoms with Gasteiger partial charge in [0.15, 0.2) is 0 Å². The molecule has 0 aromatic heterocycles. The lowest BCUT2D eigenvalue weighted by molar-refractivity contribution is 0.0917. The number of rotatable bonds is 34. The molecule has 44 heavy (non-hydrogen) atoms. The second-order valence-corrected chi connectivity index (χ2v) is 15.4. The molecule has 0 rings (SSSR count). The van der Waals surface area contributed by atoms with E-state index >= 15 is 0 Å². The molecule has 0 aliphatic rings. The van der Waals surface area contributed by atoms with Crippen LogP contribution in [-0.4, -0.2) is 26.3 Å². The Labute approximate surface area is 274 Å². The van der Waals surface area contributed by atoms with Gasteiger partial charge >= 0.3 is 7.60 Å². The monoisotopic (exact) mass is 642 g/mol. The van der Waals surface area contributed by atoms with Gasteiger partial charge in [-0.3, -0.25) is 4.57 Å². The highest BCUT2D eigenvalue weighted by molar-refractivity contribution is 7.53. The molecule has 0 bridgehead atoms. The van der Waals surface area contributed by atoms with Gasteiger partial charge in [0, 0.05) is 0 Å².